The van der Waals surface area contributed by atoms with Crippen LogP contribution in [-0.2, 0) is 14.3 Å². The highest BCUT2D eigenvalue weighted by molar-refractivity contribution is 5.83. The summed E-state index contributed by atoms with van der Waals surface area (Å²) in [6.07, 6.45) is 1.16. The minimum Gasteiger partial charge on any atom is -0.508 e. The number of phenols is 1. The SMILES string of the molecule is COC(=O)/C=C(/C)N[C@H](C(=O)O)c1ccc(O)cc1. The maximum Gasteiger partial charge on any atom is 0.332 e. The number of aromatic hydroxyl groups is 1. The lowest BCUT2D eigenvalue weighted by Crippen LogP contribution is -2.27. The van der Waals surface area contributed by atoms with E-state index in [1.54, 1.807) is 6.92 Å². The van der Waals surface area contributed by atoms with E-state index in [2.05, 4.69) is 10.1 Å². The molecule has 0 saturated carbocycles. The summed E-state index contributed by atoms with van der Waals surface area (Å²) >= 11 is 0. The molecule has 1 rings (SSSR count). The highest BCUT2D eigenvalue weighted by Gasteiger charge is 2.19. The molecule has 1 aromatic rings. The van der Waals surface area contributed by atoms with Gasteiger partial charge in [-0.3, -0.25) is 0 Å². The highest BCUT2D eigenvalue weighted by Crippen LogP contribution is 2.18. The van der Waals surface area contributed by atoms with Crippen molar-refractivity contribution in [1.82, 2.24) is 5.32 Å². The number of hydrogen-bond acceptors (Lipinski definition) is 5. The average molecular weight is 265 g/mol. The van der Waals surface area contributed by atoms with Crippen LogP contribution in [0.3, 0.4) is 0 Å². The van der Waals surface area contributed by atoms with Crippen molar-refractivity contribution in [2.24, 2.45) is 0 Å². The van der Waals surface area contributed by atoms with E-state index in [-0.39, 0.29) is 5.75 Å². The number of carboxylic acids is 1. The number of phenolic OH excluding ortho intramolecular Hbond substituents is 1. The molecule has 0 aliphatic carbocycles. The second kappa shape index (κ2) is 6.44. The van der Waals surface area contributed by atoms with Gasteiger partial charge in [0.1, 0.15) is 11.8 Å². The zero-order valence-corrected chi connectivity index (χ0v) is 10.6. The number of nitrogens with one attached hydrogen (secondary N) is 1. The molecule has 1 aromatic carbocycles. The molecule has 0 unspecified atom stereocenters. The van der Waals surface area contributed by atoms with Crippen molar-refractivity contribution in [3.05, 3.63) is 41.6 Å². The molecule has 0 bridgehead atoms. The summed E-state index contributed by atoms with van der Waals surface area (Å²) in [5.41, 5.74) is 0.829. The summed E-state index contributed by atoms with van der Waals surface area (Å²) in [6.45, 7) is 1.56. The Balaban J connectivity index is 2.91. The van der Waals surface area contributed by atoms with E-state index in [1.807, 2.05) is 0 Å². The topological polar surface area (TPSA) is 95.9 Å². The second-order valence-corrected chi connectivity index (χ2v) is 3.86. The summed E-state index contributed by atoms with van der Waals surface area (Å²) in [7, 11) is 1.24. The van der Waals surface area contributed by atoms with Crippen molar-refractivity contribution in [3.8, 4) is 5.75 Å². The molecule has 19 heavy (non-hydrogen) atoms. The number of carboxylic acid groups (broad SMARTS) is 1. The first-order valence-corrected chi connectivity index (χ1v) is 5.48. The van der Waals surface area contributed by atoms with E-state index in [0.717, 1.165) is 6.08 Å². The van der Waals surface area contributed by atoms with Crippen molar-refractivity contribution < 1.29 is 24.5 Å². The maximum atomic E-state index is 11.2. The quantitative estimate of drug-likeness (QED) is 0.546. The minimum absolute atomic E-state index is 0.0507. The molecule has 0 radical (unpaired) electrons. The van der Waals surface area contributed by atoms with Crippen LogP contribution in [0.15, 0.2) is 36.0 Å². The van der Waals surface area contributed by atoms with Crippen LogP contribution in [-0.4, -0.2) is 29.3 Å². The lowest BCUT2D eigenvalue weighted by atomic mass is 10.1. The van der Waals surface area contributed by atoms with Crippen LogP contribution in [0.4, 0.5) is 0 Å². The first-order valence-electron chi connectivity index (χ1n) is 5.48. The summed E-state index contributed by atoms with van der Waals surface area (Å²) in [4.78, 5) is 22.2. The Kier molecular flexibility index (Phi) is 4.93. The Morgan fingerprint density at radius 2 is 1.89 bits per heavy atom. The van der Waals surface area contributed by atoms with Gasteiger partial charge in [-0.1, -0.05) is 12.1 Å². The third-order valence-corrected chi connectivity index (χ3v) is 2.38. The Morgan fingerprint density at radius 1 is 1.32 bits per heavy atom. The van der Waals surface area contributed by atoms with Gasteiger partial charge in [0.2, 0.25) is 0 Å². The van der Waals surface area contributed by atoms with Gasteiger partial charge in [0.05, 0.1) is 7.11 Å². The molecule has 0 aliphatic heterocycles. The van der Waals surface area contributed by atoms with Crippen LogP contribution >= 0.6 is 0 Å². The lowest BCUT2D eigenvalue weighted by Gasteiger charge is -2.16. The number of allylic oxidation sites excluding steroid dienone is 1. The Labute approximate surface area is 110 Å². The van der Waals surface area contributed by atoms with Gasteiger partial charge in [0, 0.05) is 11.8 Å². The molecule has 1 atom stereocenters. The van der Waals surface area contributed by atoms with Crippen LogP contribution in [0.2, 0.25) is 0 Å². The molecule has 0 aromatic heterocycles. The average Bonchev–Trinajstić information content (AvgIpc) is 2.36. The van der Waals surface area contributed by atoms with Crippen LogP contribution in [0.25, 0.3) is 0 Å². The van der Waals surface area contributed by atoms with Gasteiger partial charge in [-0.15, -0.1) is 0 Å². The molecule has 0 amide bonds. The van der Waals surface area contributed by atoms with Gasteiger partial charge in [-0.25, -0.2) is 9.59 Å². The van der Waals surface area contributed by atoms with Crippen molar-refractivity contribution >= 4 is 11.9 Å². The molecular formula is C13H15NO5. The third kappa shape index (κ3) is 4.34. The van der Waals surface area contributed by atoms with E-state index in [0.29, 0.717) is 11.3 Å². The molecule has 3 N–H and O–H groups in total. The van der Waals surface area contributed by atoms with Crippen molar-refractivity contribution in [2.75, 3.05) is 7.11 Å². The number of carbonyl (C=O) groups is 2. The Bertz CT molecular complexity index is 492. The van der Waals surface area contributed by atoms with Crippen molar-refractivity contribution in [3.63, 3.8) is 0 Å². The third-order valence-electron chi connectivity index (χ3n) is 2.38. The van der Waals surface area contributed by atoms with E-state index >= 15 is 0 Å². The summed E-state index contributed by atoms with van der Waals surface area (Å²) in [5.74, 6) is -1.61. The molecule has 0 aliphatic rings. The fourth-order valence-corrected chi connectivity index (χ4v) is 1.46. The van der Waals surface area contributed by atoms with Gasteiger partial charge < -0.3 is 20.3 Å². The fraction of sp³-hybridized carbons (Fsp3) is 0.231. The first-order chi connectivity index (χ1) is 8.93. The number of hydrogen-bond donors (Lipinski definition) is 3. The summed E-state index contributed by atoms with van der Waals surface area (Å²) in [6, 6.07) is 4.76. The zero-order valence-electron chi connectivity index (χ0n) is 10.6. The molecule has 0 saturated heterocycles. The Morgan fingerprint density at radius 3 is 2.37 bits per heavy atom. The monoisotopic (exact) mass is 265 g/mol. The molecule has 0 fully saturated rings. The van der Waals surface area contributed by atoms with Gasteiger partial charge in [0.15, 0.2) is 0 Å². The largest absolute Gasteiger partial charge is 0.508 e. The van der Waals surface area contributed by atoms with Crippen molar-refractivity contribution in [1.29, 1.82) is 0 Å². The standard InChI is InChI=1S/C13H15NO5/c1-8(7-11(16)19-2)14-12(13(17)18)9-3-5-10(15)6-4-9/h3-7,12,14-15H,1-2H3,(H,17,18)/b8-7-/t12-/m0/s1. The predicted octanol–water partition coefficient (Wildman–Crippen LogP) is 1.18. The van der Waals surface area contributed by atoms with Crippen LogP contribution < -0.4 is 5.32 Å². The number of esters is 1. The van der Waals surface area contributed by atoms with E-state index in [4.69, 9.17) is 10.2 Å². The number of benzene rings is 1. The van der Waals surface area contributed by atoms with Gasteiger partial charge in [0.25, 0.3) is 0 Å². The summed E-state index contributed by atoms with van der Waals surface area (Å²) in [5, 5.41) is 21.0. The van der Waals surface area contributed by atoms with Gasteiger partial charge in [-0.2, -0.15) is 0 Å². The molecule has 0 spiro atoms. The number of aliphatic carboxylic acids is 1. The molecule has 6 heteroatoms. The number of rotatable bonds is 5. The number of methoxy groups -OCH3 is 1. The highest BCUT2D eigenvalue weighted by atomic mass is 16.5. The second-order valence-electron chi connectivity index (χ2n) is 3.86. The number of ether oxygens (including phenoxy) is 1. The molecule has 0 heterocycles. The lowest BCUT2D eigenvalue weighted by molar-refractivity contribution is -0.139. The van der Waals surface area contributed by atoms with Gasteiger partial charge >= 0.3 is 11.9 Å². The molecular weight excluding hydrogens is 250 g/mol. The van der Waals surface area contributed by atoms with E-state index in [1.165, 1.54) is 31.4 Å². The molecule has 6 nitrogen and oxygen atoms in total. The summed E-state index contributed by atoms with van der Waals surface area (Å²) < 4.78 is 4.45. The normalized spacial score (nSPS) is 12.6. The van der Waals surface area contributed by atoms with E-state index in [9.17, 15) is 9.59 Å². The van der Waals surface area contributed by atoms with E-state index < -0.39 is 18.0 Å². The molecule has 102 valence electrons. The predicted molar refractivity (Wildman–Crippen MR) is 67.4 cm³/mol. The smallest absolute Gasteiger partial charge is 0.332 e. The fourth-order valence-electron chi connectivity index (χ4n) is 1.46. The van der Waals surface area contributed by atoms with Crippen LogP contribution in [0, 0.1) is 0 Å². The van der Waals surface area contributed by atoms with Crippen LogP contribution in [0.1, 0.15) is 18.5 Å². The first kappa shape index (κ1) is 14.6. The Hall–Kier alpha value is -2.50. The van der Waals surface area contributed by atoms with Gasteiger partial charge in [-0.05, 0) is 24.6 Å². The minimum atomic E-state index is -1.09. The van der Waals surface area contributed by atoms with Crippen molar-refractivity contribution in [2.45, 2.75) is 13.0 Å². The number of carbonyl (C=O) groups excluding carboxylic acids is 1. The zero-order chi connectivity index (χ0) is 14.4. The maximum absolute atomic E-state index is 11.2. The van der Waals surface area contributed by atoms with Crippen LogP contribution in [0.5, 0.6) is 5.75 Å².